The second kappa shape index (κ2) is 9.21. The minimum Gasteiger partial charge on any atom is -0.439 e. The Morgan fingerprint density at radius 1 is 1.10 bits per heavy atom. The van der Waals surface area contributed by atoms with Crippen LogP contribution >= 0.6 is 11.6 Å². The Bertz CT molecular complexity index is 1140. The second-order valence-corrected chi connectivity index (χ2v) is 8.32. The first-order valence-electron chi connectivity index (χ1n) is 8.72. The van der Waals surface area contributed by atoms with E-state index in [0.717, 1.165) is 12.1 Å². The van der Waals surface area contributed by atoms with Crippen LogP contribution in [0.4, 0.5) is 10.1 Å². The van der Waals surface area contributed by atoms with Crippen molar-refractivity contribution in [1.82, 2.24) is 9.71 Å². The van der Waals surface area contributed by atoms with Crippen molar-refractivity contribution in [2.45, 2.75) is 17.9 Å². The summed E-state index contributed by atoms with van der Waals surface area (Å²) in [5, 5.41) is 3.11. The highest BCUT2D eigenvalue weighted by Gasteiger charge is 2.24. The zero-order valence-corrected chi connectivity index (χ0v) is 17.2. The van der Waals surface area contributed by atoms with Crippen LogP contribution in [0.3, 0.4) is 0 Å². The number of sulfonamides is 1. The predicted molar refractivity (Wildman–Crippen MR) is 111 cm³/mol. The minimum absolute atomic E-state index is 0.295. The average Bonchev–Trinajstić information content (AvgIpc) is 2.71. The van der Waals surface area contributed by atoms with Gasteiger partial charge in [0.05, 0.1) is 17.9 Å². The SMILES string of the molecule is C[C@H](NS(=O)(=O)c1ccccc1F)C(=O)Nc1ccc(Oc2ccc(Cl)cc2)nc1. The maximum absolute atomic E-state index is 13.8. The molecule has 0 aliphatic heterocycles. The Balaban J connectivity index is 1.61. The predicted octanol–water partition coefficient (Wildman–Crippen LogP) is 3.97. The molecule has 0 unspecified atom stereocenters. The van der Waals surface area contributed by atoms with Crippen molar-refractivity contribution in [2.75, 3.05) is 5.32 Å². The number of halogens is 2. The first-order chi connectivity index (χ1) is 14.2. The molecule has 156 valence electrons. The molecule has 0 aliphatic carbocycles. The normalized spacial score (nSPS) is 12.2. The summed E-state index contributed by atoms with van der Waals surface area (Å²) in [7, 11) is -4.20. The van der Waals surface area contributed by atoms with Gasteiger partial charge in [0.1, 0.15) is 16.5 Å². The molecule has 10 heteroatoms. The van der Waals surface area contributed by atoms with E-state index in [1.807, 2.05) is 0 Å². The molecule has 0 radical (unpaired) electrons. The molecule has 3 rings (SSSR count). The van der Waals surface area contributed by atoms with E-state index in [1.54, 1.807) is 36.4 Å². The van der Waals surface area contributed by atoms with Crippen molar-refractivity contribution >= 4 is 33.2 Å². The van der Waals surface area contributed by atoms with Crippen molar-refractivity contribution in [1.29, 1.82) is 0 Å². The summed E-state index contributed by atoms with van der Waals surface area (Å²) in [5.41, 5.74) is 0.334. The van der Waals surface area contributed by atoms with Crippen LogP contribution in [0.25, 0.3) is 0 Å². The summed E-state index contributed by atoms with van der Waals surface area (Å²) in [5.74, 6) is -0.704. The van der Waals surface area contributed by atoms with Crippen LogP contribution in [0, 0.1) is 5.82 Å². The first-order valence-corrected chi connectivity index (χ1v) is 10.6. The number of rotatable bonds is 7. The summed E-state index contributed by atoms with van der Waals surface area (Å²) in [4.78, 5) is 15.9. The van der Waals surface area contributed by atoms with Crippen LogP contribution in [-0.2, 0) is 14.8 Å². The number of carbonyl (C=O) groups is 1. The van der Waals surface area contributed by atoms with E-state index in [2.05, 4.69) is 15.0 Å². The molecule has 1 amide bonds. The van der Waals surface area contributed by atoms with Crippen molar-refractivity contribution in [3.05, 3.63) is 77.7 Å². The van der Waals surface area contributed by atoms with Gasteiger partial charge in [-0.15, -0.1) is 0 Å². The molecule has 0 bridgehead atoms. The molecule has 2 aromatic carbocycles. The number of aromatic nitrogens is 1. The van der Waals surface area contributed by atoms with E-state index in [-0.39, 0.29) is 0 Å². The van der Waals surface area contributed by atoms with Gasteiger partial charge >= 0.3 is 0 Å². The lowest BCUT2D eigenvalue weighted by Crippen LogP contribution is -2.41. The zero-order chi connectivity index (χ0) is 21.7. The van der Waals surface area contributed by atoms with Gasteiger partial charge < -0.3 is 10.1 Å². The summed E-state index contributed by atoms with van der Waals surface area (Å²) >= 11 is 5.82. The van der Waals surface area contributed by atoms with Crippen LogP contribution in [0.15, 0.2) is 71.8 Å². The van der Waals surface area contributed by atoms with Crippen LogP contribution < -0.4 is 14.8 Å². The van der Waals surface area contributed by atoms with E-state index >= 15 is 0 Å². The Labute approximate surface area is 177 Å². The number of hydrogen-bond donors (Lipinski definition) is 2. The maximum Gasteiger partial charge on any atom is 0.244 e. The molecule has 30 heavy (non-hydrogen) atoms. The van der Waals surface area contributed by atoms with Crippen molar-refractivity contribution in [3.8, 4) is 11.6 Å². The Kier molecular flexibility index (Phi) is 6.66. The standard InChI is InChI=1S/C20H17ClFN3O4S/c1-13(25-30(27,28)18-5-3-2-4-17(18)22)20(26)24-15-8-11-19(23-12-15)29-16-9-6-14(21)7-10-16/h2-13,25H,1H3,(H,24,26)/t13-/m0/s1. The molecule has 0 saturated carbocycles. The molecule has 1 atom stereocenters. The van der Waals surface area contributed by atoms with Crippen LogP contribution in [-0.4, -0.2) is 25.4 Å². The van der Waals surface area contributed by atoms with Gasteiger partial charge in [0.15, 0.2) is 0 Å². The smallest absolute Gasteiger partial charge is 0.244 e. The van der Waals surface area contributed by atoms with Crippen molar-refractivity contribution in [2.24, 2.45) is 0 Å². The third kappa shape index (κ3) is 5.53. The molecular formula is C20H17ClFN3O4S. The quantitative estimate of drug-likeness (QED) is 0.568. The number of hydrogen-bond acceptors (Lipinski definition) is 5. The van der Waals surface area contributed by atoms with Crippen LogP contribution in [0.1, 0.15) is 6.92 Å². The van der Waals surface area contributed by atoms with Gasteiger partial charge in [-0.2, -0.15) is 4.72 Å². The van der Waals surface area contributed by atoms with Gasteiger partial charge in [-0.05, 0) is 49.4 Å². The molecule has 0 spiro atoms. The van der Waals surface area contributed by atoms with Gasteiger partial charge in [0.25, 0.3) is 0 Å². The molecule has 0 saturated heterocycles. The molecule has 0 aliphatic rings. The maximum atomic E-state index is 13.8. The molecule has 7 nitrogen and oxygen atoms in total. The van der Waals surface area contributed by atoms with Crippen molar-refractivity contribution < 1.29 is 22.3 Å². The number of carbonyl (C=O) groups excluding carboxylic acids is 1. The summed E-state index contributed by atoms with van der Waals surface area (Å²) in [6.07, 6.45) is 1.36. The van der Waals surface area contributed by atoms with E-state index in [4.69, 9.17) is 16.3 Å². The highest BCUT2D eigenvalue weighted by Crippen LogP contribution is 2.22. The number of nitrogens with zero attached hydrogens (tertiary/aromatic N) is 1. The monoisotopic (exact) mass is 449 g/mol. The fraction of sp³-hybridized carbons (Fsp3) is 0.100. The number of pyridine rings is 1. The molecule has 0 fully saturated rings. The van der Waals surface area contributed by atoms with Gasteiger partial charge in [-0.3, -0.25) is 4.79 Å². The highest BCUT2D eigenvalue weighted by molar-refractivity contribution is 7.89. The van der Waals surface area contributed by atoms with Gasteiger partial charge in [0, 0.05) is 11.1 Å². The van der Waals surface area contributed by atoms with E-state index in [0.29, 0.717) is 22.3 Å². The largest absolute Gasteiger partial charge is 0.439 e. The van der Waals surface area contributed by atoms with E-state index in [1.165, 1.54) is 25.3 Å². The Hall–Kier alpha value is -3.01. The highest BCUT2D eigenvalue weighted by atomic mass is 35.5. The third-order valence-electron chi connectivity index (χ3n) is 3.89. The summed E-state index contributed by atoms with van der Waals surface area (Å²) in [6, 6.07) is 13.6. The number of anilines is 1. The molecule has 2 N–H and O–H groups in total. The van der Waals surface area contributed by atoms with Gasteiger partial charge in [-0.25, -0.2) is 17.8 Å². The zero-order valence-electron chi connectivity index (χ0n) is 15.7. The topological polar surface area (TPSA) is 97.4 Å². The average molecular weight is 450 g/mol. The lowest BCUT2D eigenvalue weighted by Gasteiger charge is -2.15. The fourth-order valence-electron chi connectivity index (χ4n) is 2.40. The molecule has 1 aromatic heterocycles. The molecule has 3 aromatic rings. The number of benzene rings is 2. The summed E-state index contributed by atoms with van der Waals surface area (Å²) < 4.78 is 46.0. The second-order valence-electron chi connectivity index (χ2n) is 6.20. The number of ether oxygens (including phenoxy) is 1. The third-order valence-corrected chi connectivity index (χ3v) is 5.72. The Morgan fingerprint density at radius 2 is 1.80 bits per heavy atom. The lowest BCUT2D eigenvalue weighted by molar-refractivity contribution is -0.117. The number of amides is 1. The van der Waals surface area contributed by atoms with E-state index in [9.17, 15) is 17.6 Å². The van der Waals surface area contributed by atoms with Crippen molar-refractivity contribution in [3.63, 3.8) is 0 Å². The first kappa shape index (κ1) is 21.7. The van der Waals surface area contributed by atoms with E-state index < -0.39 is 32.7 Å². The number of nitrogens with one attached hydrogen (secondary N) is 2. The fourth-order valence-corrected chi connectivity index (χ4v) is 3.81. The van der Waals surface area contributed by atoms with Gasteiger partial charge in [0.2, 0.25) is 21.8 Å². The van der Waals surface area contributed by atoms with Crippen LogP contribution in [0.2, 0.25) is 5.02 Å². The molecule has 1 heterocycles. The van der Waals surface area contributed by atoms with Gasteiger partial charge in [-0.1, -0.05) is 23.7 Å². The Morgan fingerprint density at radius 3 is 2.43 bits per heavy atom. The lowest BCUT2D eigenvalue weighted by atomic mass is 10.3. The summed E-state index contributed by atoms with van der Waals surface area (Å²) in [6.45, 7) is 1.35. The molecular weight excluding hydrogens is 433 g/mol. The minimum atomic E-state index is -4.20. The van der Waals surface area contributed by atoms with Crippen LogP contribution in [0.5, 0.6) is 11.6 Å².